The van der Waals surface area contributed by atoms with Crippen molar-refractivity contribution >= 4 is 0 Å². The topological polar surface area (TPSA) is 45.4 Å². The monoisotopic (exact) mass is 222 g/mol. The molecule has 0 fully saturated rings. The van der Waals surface area contributed by atoms with Crippen molar-refractivity contribution in [3.8, 4) is 0 Å². The summed E-state index contributed by atoms with van der Waals surface area (Å²) in [5, 5.41) is 0. The molecule has 0 saturated carbocycles. The van der Waals surface area contributed by atoms with Gasteiger partial charge in [0.1, 0.15) is 0 Å². The van der Waals surface area contributed by atoms with Crippen molar-refractivity contribution in [3.63, 3.8) is 0 Å². The van der Waals surface area contributed by atoms with Crippen LogP contribution in [0.25, 0.3) is 0 Å². The largest absolute Gasteiger partial charge is 0.325 e. The van der Waals surface area contributed by atoms with E-state index in [1.54, 1.807) is 0 Å². The molecule has 2 N–H and O–H groups in total. The predicted octanol–water partition coefficient (Wildman–Crippen LogP) is 0.534. The van der Waals surface area contributed by atoms with Crippen molar-refractivity contribution in [1.29, 1.82) is 0 Å². The Kier molecular flexibility index (Phi) is 5.38. The quantitative estimate of drug-likeness (QED) is 0.763. The SMILES string of the molecule is CN(C)CCN(C)Cc1cccc(CN)n1. The zero-order valence-electron chi connectivity index (χ0n) is 10.5. The number of pyridine rings is 1. The molecule has 0 atom stereocenters. The molecule has 4 heteroatoms. The first kappa shape index (κ1) is 13.1. The minimum atomic E-state index is 0.509. The first-order valence-corrected chi connectivity index (χ1v) is 5.60. The maximum atomic E-state index is 5.57. The highest BCUT2D eigenvalue weighted by molar-refractivity contribution is 5.10. The third-order valence-electron chi connectivity index (χ3n) is 2.43. The van der Waals surface area contributed by atoms with Crippen LogP contribution in [0.15, 0.2) is 18.2 Å². The van der Waals surface area contributed by atoms with Gasteiger partial charge in [0.2, 0.25) is 0 Å². The molecule has 0 radical (unpaired) electrons. The van der Waals surface area contributed by atoms with Crippen LogP contribution < -0.4 is 5.73 Å². The average molecular weight is 222 g/mol. The highest BCUT2D eigenvalue weighted by Crippen LogP contribution is 2.02. The van der Waals surface area contributed by atoms with Gasteiger partial charge in [0.25, 0.3) is 0 Å². The van der Waals surface area contributed by atoms with Gasteiger partial charge in [-0.25, -0.2) is 0 Å². The first-order valence-electron chi connectivity index (χ1n) is 5.60. The summed E-state index contributed by atoms with van der Waals surface area (Å²) in [5.74, 6) is 0. The fourth-order valence-electron chi connectivity index (χ4n) is 1.46. The van der Waals surface area contributed by atoms with Crippen LogP contribution in [0, 0.1) is 0 Å². The highest BCUT2D eigenvalue weighted by Gasteiger charge is 2.02. The second-order valence-corrected chi connectivity index (χ2v) is 4.37. The molecule has 0 unspecified atom stereocenters. The molecule has 0 aliphatic heterocycles. The Labute approximate surface area is 98.1 Å². The molecule has 0 bridgehead atoms. The van der Waals surface area contributed by atoms with Gasteiger partial charge < -0.3 is 10.6 Å². The maximum Gasteiger partial charge on any atom is 0.0547 e. The molecule has 1 aromatic rings. The Bertz CT molecular complexity index is 312. The van der Waals surface area contributed by atoms with E-state index >= 15 is 0 Å². The summed E-state index contributed by atoms with van der Waals surface area (Å²) in [6.45, 7) is 3.49. The van der Waals surface area contributed by atoms with Gasteiger partial charge in [0, 0.05) is 26.2 Å². The van der Waals surface area contributed by atoms with E-state index in [0.717, 1.165) is 31.0 Å². The second kappa shape index (κ2) is 6.58. The number of hydrogen-bond acceptors (Lipinski definition) is 4. The lowest BCUT2D eigenvalue weighted by atomic mass is 10.3. The summed E-state index contributed by atoms with van der Waals surface area (Å²) in [6.07, 6.45) is 0. The minimum absolute atomic E-state index is 0.509. The summed E-state index contributed by atoms with van der Waals surface area (Å²) in [5.41, 5.74) is 7.61. The summed E-state index contributed by atoms with van der Waals surface area (Å²) in [6, 6.07) is 6.03. The van der Waals surface area contributed by atoms with Gasteiger partial charge in [-0.3, -0.25) is 9.88 Å². The van der Waals surface area contributed by atoms with Crippen LogP contribution in [0.3, 0.4) is 0 Å². The number of hydrogen-bond donors (Lipinski definition) is 1. The van der Waals surface area contributed by atoms with Crippen molar-refractivity contribution in [2.45, 2.75) is 13.1 Å². The zero-order chi connectivity index (χ0) is 12.0. The van der Waals surface area contributed by atoms with Crippen LogP contribution >= 0.6 is 0 Å². The highest BCUT2D eigenvalue weighted by atomic mass is 15.2. The van der Waals surface area contributed by atoms with Crippen LogP contribution in [0.1, 0.15) is 11.4 Å². The van der Waals surface area contributed by atoms with Crippen LogP contribution in [-0.2, 0) is 13.1 Å². The van der Waals surface area contributed by atoms with Crippen molar-refractivity contribution in [2.75, 3.05) is 34.2 Å². The lowest BCUT2D eigenvalue weighted by Gasteiger charge is -2.19. The molecule has 0 aliphatic rings. The predicted molar refractivity (Wildman–Crippen MR) is 67.0 cm³/mol. The summed E-state index contributed by atoms with van der Waals surface area (Å²) < 4.78 is 0. The van der Waals surface area contributed by atoms with E-state index in [2.05, 4.69) is 35.9 Å². The number of likely N-dealkylation sites (N-methyl/N-ethyl adjacent to an activating group) is 2. The zero-order valence-corrected chi connectivity index (χ0v) is 10.5. The fourth-order valence-corrected chi connectivity index (χ4v) is 1.46. The van der Waals surface area contributed by atoms with Crippen LogP contribution in [0.5, 0.6) is 0 Å². The number of nitrogens with zero attached hydrogens (tertiary/aromatic N) is 3. The standard InChI is InChI=1S/C12H22N4/c1-15(2)7-8-16(3)10-12-6-4-5-11(9-13)14-12/h4-6H,7-10,13H2,1-3H3. The van der Waals surface area contributed by atoms with Crippen LogP contribution in [0.4, 0.5) is 0 Å². The third kappa shape index (κ3) is 4.70. The molecule has 1 rings (SSSR count). The van der Waals surface area contributed by atoms with E-state index < -0.39 is 0 Å². The van der Waals surface area contributed by atoms with Gasteiger partial charge in [0.15, 0.2) is 0 Å². The van der Waals surface area contributed by atoms with Gasteiger partial charge >= 0.3 is 0 Å². The first-order chi connectivity index (χ1) is 7.61. The average Bonchev–Trinajstić information content (AvgIpc) is 2.26. The summed E-state index contributed by atoms with van der Waals surface area (Å²) in [4.78, 5) is 8.93. The van der Waals surface area contributed by atoms with E-state index in [1.165, 1.54) is 0 Å². The number of nitrogens with two attached hydrogens (primary N) is 1. The second-order valence-electron chi connectivity index (χ2n) is 4.37. The van der Waals surface area contributed by atoms with E-state index in [0.29, 0.717) is 6.54 Å². The van der Waals surface area contributed by atoms with Crippen molar-refractivity contribution in [2.24, 2.45) is 5.73 Å². The summed E-state index contributed by atoms with van der Waals surface area (Å²) >= 11 is 0. The molecule has 90 valence electrons. The van der Waals surface area contributed by atoms with Crippen molar-refractivity contribution in [1.82, 2.24) is 14.8 Å². The summed E-state index contributed by atoms with van der Waals surface area (Å²) in [7, 11) is 6.28. The molecule has 0 amide bonds. The Balaban J connectivity index is 2.45. The number of rotatable bonds is 6. The molecular weight excluding hydrogens is 200 g/mol. The van der Waals surface area contributed by atoms with Crippen LogP contribution in [-0.4, -0.2) is 49.0 Å². The molecule has 16 heavy (non-hydrogen) atoms. The molecule has 0 spiro atoms. The molecular formula is C12H22N4. The lowest BCUT2D eigenvalue weighted by Crippen LogP contribution is -2.28. The molecule has 1 heterocycles. The Morgan fingerprint density at radius 3 is 2.44 bits per heavy atom. The van der Waals surface area contributed by atoms with Crippen molar-refractivity contribution in [3.05, 3.63) is 29.6 Å². The van der Waals surface area contributed by atoms with Gasteiger partial charge in [-0.05, 0) is 33.3 Å². The van der Waals surface area contributed by atoms with E-state index in [4.69, 9.17) is 5.73 Å². The van der Waals surface area contributed by atoms with Crippen LogP contribution in [0.2, 0.25) is 0 Å². The van der Waals surface area contributed by atoms with Gasteiger partial charge in [-0.1, -0.05) is 6.07 Å². The van der Waals surface area contributed by atoms with E-state index in [-0.39, 0.29) is 0 Å². The molecule has 0 aliphatic carbocycles. The lowest BCUT2D eigenvalue weighted by molar-refractivity contribution is 0.274. The Morgan fingerprint density at radius 1 is 1.12 bits per heavy atom. The van der Waals surface area contributed by atoms with E-state index in [1.807, 2.05) is 18.2 Å². The fraction of sp³-hybridized carbons (Fsp3) is 0.583. The normalized spacial score (nSPS) is 11.4. The third-order valence-corrected chi connectivity index (χ3v) is 2.43. The molecule has 0 saturated heterocycles. The Hall–Kier alpha value is -0.970. The van der Waals surface area contributed by atoms with Gasteiger partial charge in [-0.15, -0.1) is 0 Å². The minimum Gasteiger partial charge on any atom is -0.325 e. The van der Waals surface area contributed by atoms with Crippen molar-refractivity contribution < 1.29 is 0 Å². The molecule has 4 nitrogen and oxygen atoms in total. The molecule has 1 aromatic heterocycles. The van der Waals surface area contributed by atoms with E-state index in [9.17, 15) is 0 Å². The molecule has 0 aromatic carbocycles. The maximum absolute atomic E-state index is 5.57. The van der Waals surface area contributed by atoms with Gasteiger partial charge in [-0.2, -0.15) is 0 Å². The van der Waals surface area contributed by atoms with Gasteiger partial charge in [0.05, 0.1) is 11.4 Å². The number of aromatic nitrogens is 1. The Morgan fingerprint density at radius 2 is 1.81 bits per heavy atom. The smallest absolute Gasteiger partial charge is 0.0547 e.